The number of hydrogen-bond acceptors (Lipinski definition) is 2. The fourth-order valence-corrected chi connectivity index (χ4v) is 2.15. The lowest BCUT2D eigenvalue weighted by Gasteiger charge is -2.28. The maximum atomic E-state index is 11.5. The summed E-state index contributed by atoms with van der Waals surface area (Å²) in [6, 6.07) is 0. The van der Waals surface area contributed by atoms with Crippen LogP contribution >= 0.6 is 0 Å². The quantitative estimate of drug-likeness (QED) is 0.398. The molecule has 0 radical (unpaired) electrons. The van der Waals surface area contributed by atoms with Gasteiger partial charge < -0.3 is 5.21 Å². The van der Waals surface area contributed by atoms with E-state index in [0.717, 1.165) is 36.1 Å². The molecule has 3 nitrogen and oxygen atoms in total. The summed E-state index contributed by atoms with van der Waals surface area (Å²) in [7, 11) is 0. The monoisotopic (exact) mass is 166 g/mol. The van der Waals surface area contributed by atoms with Crippen LogP contribution in [0, 0.1) is 5.21 Å². The fraction of sp³-hybridized carbons (Fsp3) is 0.778. The molecule has 1 saturated carbocycles. The number of aliphatic imine (C=N–C) groups is 1. The van der Waals surface area contributed by atoms with Gasteiger partial charge in [0.05, 0.1) is 0 Å². The van der Waals surface area contributed by atoms with Crippen molar-refractivity contribution in [3.8, 4) is 0 Å². The zero-order chi connectivity index (χ0) is 8.60. The molecular formula is C9H14N2O. The van der Waals surface area contributed by atoms with Crippen molar-refractivity contribution in [3.05, 3.63) is 5.21 Å². The van der Waals surface area contributed by atoms with E-state index in [1.54, 1.807) is 6.21 Å². The summed E-state index contributed by atoms with van der Waals surface area (Å²) in [5.74, 6) is 0. The first kappa shape index (κ1) is 7.77. The van der Waals surface area contributed by atoms with E-state index in [4.69, 9.17) is 0 Å². The lowest BCUT2D eigenvalue weighted by molar-refractivity contribution is -0.544. The maximum Gasteiger partial charge on any atom is 0.265 e. The minimum absolute atomic E-state index is 0.387. The zero-order valence-electron chi connectivity index (χ0n) is 7.42. The molecule has 0 N–H and O–H groups in total. The van der Waals surface area contributed by atoms with Crippen LogP contribution in [0.5, 0.6) is 0 Å². The molecule has 12 heavy (non-hydrogen) atoms. The molecule has 0 atom stereocenters. The SMILES string of the molecule is CC1=NC2(CCCCC2)[N+]([O-])=C1. The Bertz CT molecular complexity index is 249. The maximum absolute atomic E-state index is 11.5. The van der Waals surface area contributed by atoms with E-state index in [1.807, 2.05) is 6.92 Å². The molecule has 2 aliphatic rings. The predicted octanol–water partition coefficient (Wildman–Crippen LogP) is 1.70. The molecule has 0 aromatic heterocycles. The van der Waals surface area contributed by atoms with Crippen LogP contribution in [0.2, 0.25) is 0 Å². The van der Waals surface area contributed by atoms with E-state index in [0.29, 0.717) is 0 Å². The Morgan fingerprint density at radius 1 is 1.42 bits per heavy atom. The number of rotatable bonds is 0. The van der Waals surface area contributed by atoms with Gasteiger partial charge in [0.1, 0.15) is 5.71 Å². The second-order valence-corrected chi connectivity index (χ2v) is 3.75. The Morgan fingerprint density at radius 3 is 2.58 bits per heavy atom. The molecule has 3 heteroatoms. The highest BCUT2D eigenvalue weighted by molar-refractivity contribution is 6.28. The van der Waals surface area contributed by atoms with Gasteiger partial charge in [0.25, 0.3) is 5.66 Å². The number of hydroxylamine groups is 1. The molecule has 2 rings (SSSR count). The third-order valence-corrected chi connectivity index (χ3v) is 2.75. The van der Waals surface area contributed by atoms with E-state index >= 15 is 0 Å². The van der Waals surface area contributed by atoms with E-state index in [1.165, 1.54) is 6.42 Å². The molecule has 0 aromatic rings. The summed E-state index contributed by atoms with van der Waals surface area (Å²) < 4.78 is 1.06. The lowest BCUT2D eigenvalue weighted by Crippen LogP contribution is -2.36. The van der Waals surface area contributed by atoms with Gasteiger partial charge in [-0.05, 0) is 19.8 Å². The number of hydrogen-bond donors (Lipinski definition) is 0. The second-order valence-electron chi connectivity index (χ2n) is 3.75. The standard InChI is InChI=1S/C9H14N2O/c1-8-7-11(12)9(10-8)5-3-2-4-6-9/h7H,2-6H2,1H3. The number of nitrogens with zero attached hydrogens (tertiary/aromatic N) is 2. The van der Waals surface area contributed by atoms with Crippen LogP contribution in [-0.4, -0.2) is 22.3 Å². The van der Waals surface area contributed by atoms with Gasteiger partial charge in [-0.15, -0.1) is 0 Å². The van der Waals surface area contributed by atoms with Gasteiger partial charge in [-0.3, -0.25) is 0 Å². The summed E-state index contributed by atoms with van der Waals surface area (Å²) in [5.41, 5.74) is 0.495. The van der Waals surface area contributed by atoms with Gasteiger partial charge in [0.2, 0.25) is 0 Å². The molecule has 1 heterocycles. The fourth-order valence-electron chi connectivity index (χ4n) is 2.15. The van der Waals surface area contributed by atoms with Crippen LogP contribution in [0.4, 0.5) is 0 Å². The average Bonchev–Trinajstić information content (AvgIpc) is 2.29. The van der Waals surface area contributed by atoms with Crippen LogP contribution in [0.25, 0.3) is 0 Å². The Labute approximate surface area is 72.4 Å². The van der Waals surface area contributed by atoms with Gasteiger partial charge in [-0.1, -0.05) is 6.42 Å². The normalized spacial score (nSPS) is 27.1. The van der Waals surface area contributed by atoms with E-state index in [2.05, 4.69) is 4.99 Å². The minimum atomic E-state index is -0.387. The summed E-state index contributed by atoms with van der Waals surface area (Å²) in [6.07, 6.45) is 7.02. The molecule has 1 spiro atoms. The molecular weight excluding hydrogens is 152 g/mol. The Balaban J connectivity index is 2.26. The largest absolute Gasteiger partial charge is 0.622 e. The van der Waals surface area contributed by atoms with Gasteiger partial charge >= 0.3 is 0 Å². The summed E-state index contributed by atoms with van der Waals surface area (Å²) >= 11 is 0. The Hall–Kier alpha value is -0.860. The molecule has 0 aromatic carbocycles. The van der Waals surface area contributed by atoms with Crippen molar-refractivity contribution >= 4 is 11.9 Å². The third kappa shape index (κ3) is 1.04. The molecule has 1 aliphatic carbocycles. The highest BCUT2D eigenvalue weighted by atomic mass is 16.5. The van der Waals surface area contributed by atoms with Crippen LogP contribution in [-0.2, 0) is 0 Å². The molecule has 0 amide bonds. The van der Waals surface area contributed by atoms with E-state index < -0.39 is 0 Å². The first-order valence-corrected chi connectivity index (χ1v) is 4.61. The Morgan fingerprint density at radius 2 is 2.08 bits per heavy atom. The third-order valence-electron chi connectivity index (χ3n) is 2.75. The lowest BCUT2D eigenvalue weighted by atomic mass is 9.90. The summed E-state index contributed by atoms with van der Waals surface area (Å²) in [4.78, 5) is 4.44. The van der Waals surface area contributed by atoms with Crippen LogP contribution < -0.4 is 0 Å². The summed E-state index contributed by atoms with van der Waals surface area (Å²) in [5, 5.41) is 11.5. The van der Waals surface area contributed by atoms with Crippen molar-refractivity contribution in [1.82, 2.24) is 0 Å². The predicted molar refractivity (Wildman–Crippen MR) is 48.6 cm³/mol. The molecule has 1 aliphatic heterocycles. The van der Waals surface area contributed by atoms with E-state index in [-0.39, 0.29) is 5.66 Å². The van der Waals surface area contributed by atoms with Gasteiger partial charge in [0, 0.05) is 12.8 Å². The van der Waals surface area contributed by atoms with E-state index in [9.17, 15) is 5.21 Å². The second kappa shape index (κ2) is 2.57. The first-order valence-electron chi connectivity index (χ1n) is 4.61. The van der Waals surface area contributed by atoms with Crippen molar-refractivity contribution in [2.24, 2.45) is 4.99 Å². The molecule has 1 fully saturated rings. The zero-order valence-corrected chi connectivity index (χ0v) is 7.42. The molecule has 0 saturated heterocycles. The highest BCUT2D eigenvalue weighted by Gasteiger charge is 2.42. The van der Waals surface area contributed by atoms with Crippen molar-refractivity contribution in [3.63, 3.8) is 0 Å². The van der Waals surface area contributed by atoms with Crippen molar-refractivity contribution in [2.75, 3.05) is 0 Å². The topological polar surface area (TPSA) is 38.4 Å². The van der Waals surface area contributed by atoms with Crippen LogP contribution in [0.3, 0.4) is 0 Å². The highest BCUT2D eigenvalue weighted by Crippen LogP contribution is 2.33. The van der Waals surface area contributed by atoms with Gasteiger partial charge in [0.15, 0.2) is 6.21 Å². The summed E-state index contributed by atoms with van der Waals surface area (Å²) in [6.45, 7) is 1.90. The van der Waals surface area contributed by atoms with Crippen molar-refractivity contribution in [2.45, 2.75) is 44.7 Å². The average molecular weight is 166 g/mol. The smallest absolute Gasteiger partial charge is 0.265 e. The van der Waals surface area contributed by atoms with Gasteiger partial charge in [-0.25, -0.2) is 4.99 Å². The molecule has 0 unspecified atom stereocenters. The Kier molecular flexibility index (Phi) is 1.67. The molecule has 0 bridgehead atoms. The van der Waals surface area contributed by atoms with Crippen molar-refractivity contribution < 1.29 is 4.74 Å². The first-order chi connectivity index (χ1) is 5.73. The minimum Gasteiger partial charge on any atom is -0.622 e. The van der Waals surface area contributed by atoms with Crippen LogP contribution in [0.1, 0.15) is 39.0 Å². The van der Waals surface area contributed by atoms with Crippen molar-refractivity contribution in [1.29, 1.82) is 0 Å². The van der Waals surface area contributed by atoms with Gasteiger partial charge in [-0.2, -0.15) is 4.74 Å². The molecule has 66 valence electrons. The van der Waals surface area contributed by atoms with Crippen LogP contribution in [0.15, 0.2) is 4.99 Å².